The minimum absolute atomic E-state index is 0.455. The molecule has 0 radical (unpaired) electrons. The lowest BCUT2D eigenvalue weighted by molar-refractivity contribution is 0.355. The molecule has 68 valence electrons. The molecular formula is C9H22N2. The van der Waals surface area contributed by atoms with Gasteiger partial charge in [-0.1, -0.05) is 20.3 Å². The van der Waals surface area contributed by atoms with Gasteiger partial charge in [-0.15, -0.1) is 0 Å². The van der Waals surface area contributed by atoms with Crippen molar-refractivity contribution >= 4 is 0 Å². The Bertz CT molecular complexity index is 83.6. The van der Waals surface area contributed by atoms with Crippen molar-refractivity contribution in [1.29, 1.82) is 0 Å². The summed E-state index contributed by atoms with van der Waals surface area (Å²) in [6.45, 7) is 4.00. The van der Waals surface area contributed by atoms with Gasteiger partial charge in [0.15, 0.2) is 0 Å². The lowest BCUT2D eigenvalue weighted by Gasteiger charge is -2.25. The Kier molecular flexibility index (Phi) is 6.57. The standard InChI is InChI=1S/C7H16N2.C2H6/c1-9-7-4-2-3-6(8)5-7;1-2/h6-7,9H,2-5,8H2,1H3;1-2H3. The summed E-state index contributed by atoms with van der Waals surface area (Å²) in [5, 5.41) is 3.25. The first kappa shape index (κ1) is 10.9. The minimum Gasteiger partial charge on any atom is -0.328 e. The molecule has 0 bridgehead atoms. The van der Waals surface area contributed by atoms with Gasteiger partial charge in [-0.3, -0.25) is 0 Å². The summed E-state index contributed by atoms with van der Waals surface area (Å²) in [6, 6.07) is 1.14. The topological polar surface area (TPSA) is 38.0 Å². The number of hydrogen-bond donors (Lipinski definition) is 2. The maximum Gasteiger partial charge on any atom is 0.00788 e. The van der Waals surface area contributed by atoms with Gasteiger partial charge >= 0.3 is 0 Å². The van der Waals surface area contributed by atoms with Gasteiger partial charge in [0.2, 0.25) is 0 Å². The van der Waals surface area contributed by atoms with Gasteiger partial charge in [-0.2, -0.15) is 0 Å². The van der Waals surface area contributed by atoms with Gasteiger partial charge < -0.3 is 11.1 Å². The second-order valence-corrected chi connectivity index (χ2v) is 2.91. The van der Waals surface area contributed by atoms with Crippen LogP contribution in [0.5, 0.6) is 0 Å². The van der Waals surface area contributed by atoms with Crippen LogP contribution in [0.1, 0.15) is 39.5 Å². The Morgan fingerprint density at radius 2 is 1.91 bits per heavy atom. The molecule has 1 aliphatic carbocycles. The average molecular weight is 158 g/mol. The molecule has 0 aliphatic heterocycles. The zero-order valence-electron chi connectivity index (χ0n) is 8.06. The fourth-order valence-electron chi connectivity index (χ4n) is 1.49. The highest BCUT2D eigenvalue weighted by molar-refractivity contribution is 4.78. The van der Waals surface area contributed by atoms with Crippen LogP contribution in [0.4, 0.5) is 0 Å². The Morgan fingerprint density at radius 1 is 1.27 bits per heavy atom. The first-order chi connectivity index (χ1) is 5.33. The lowest BCUT2D eigenvalue weighted by atomic mass is 9.92. The van der Waals surface area contributed by atoms with Crippen LogP contribution in [0.3, 0.4) is 0 Å². The highest BCUT2D eigenvalue weighted by atomic mass is 14.9. The Hall–Kier alpha value is -0.0800. The van der Waals surface area contributed by atoms with E-state index in [1.807, 2.05) is 20.9 Å². The van der Waals surface area contributed by atoms with E-state index in [0.717, 1.165) is 6.42 Å². The van der Waals surface area contributed by atoms with Crippen LogP contribution in [0.15, 0.2) is 0 Å². The van der Waals surface area contributed by atoms with Gasteiger partial charge in [0.25, 0.3) is 0 Å². The quantitative estimate of drug-likeness (QED) is 0.607. The summed E-state index contributed by atoms with van der Waals surface area (Å²) in [6.07, 6.45) is 4.99. The maximum absolute atomic E-state index is 5.76. The number of nitrogens with one attached hydrogen (secondary N) is 1. The van der Waals surface area contributed by atoms with Crippen LogP contribution in [-0.4, -0.2) is 19.1 Å². The van der Waals surface area contributed by atoms with Crippen molar-refractivity contribution in [3.05, 3.63) is 0 Å². The summed E-state index contributed by atoms with van der Waals surface area (Å²) in [5.41, 5.74) is 5.76. The van der Waals surface area contributed by atoms with E-state index in [9.17, 15) is 0 Å². The molecule has 0 amide bonds. The summed E-state index contributed by atoms with van der Waals surface area (Å²) in [5.74, 6) is 0. The molecular weight excluding hydrogens is 136 g/mol. The Balaban J connectivity index is 0.000000461. The van der Waals surface area contributed by atoms with E-state index in [1.165, 1.54) is 19.3 Å². The fourth-order valence-corrected chi connectivity index (χ4v) is 1.49. The Morgan fingerprint density at radius 3 is 2.27 bits per heavy atom. The van der Waals surface area contributed by atoms with Crippen molar-refractivity contribution in [1.82, 2.24) is 5.32 Å². The SMILES string of the molecule is CC.CNC1CCCC(N)C1. The van der Waals surface area contributed by atoms with Crippen molar-refractivity contribution in [3.63, 3.8) is 0 Å². The molecule has 1 fully saturated rings. The van der Waals surface area contributed by atoms with Crippen molar-refractivity contribution in [2.24, 2.45) is 5.73 Å². The second kappa shape index (κ2) is 6.62. The lowest BCUT2D eigenvalue weighted by Crippen LogP contribution is -2.37. The van der Waals surface area contributed by atoms with Gasteiger partial charge in [0.1, 0.15) is 0 Å². The summed E-state index contributed by atoms with van der Waals surface area (Å²) in [7, 11) is 2.02. The molecule has 0 heterocycles. The van der Waals surface area contributed by atoms with E-state index in [0.29, 0.717) is 12.1 Å². The monoisotopic (exact) mass is 158 g/mol. The van der Waals surface area contributed by atoms with Crippen molar-refractivity contribution in [2.75, 3.05) is 7.05 Å². The molecule has 2 unspecified atom stereocenters. The van der Waals surface area contributed by atoms with Crippen LogP contribution in [-0.2, 0) is 0 Å². The average Bonchev–Trinajstić information content (AvgIpc) is 2.08. The summed E-state index contributed by atoms with van der Waals surface area (Å²) < 4.78 is 0. The van der Waals surface area contributed by atoms with E-state index < -0.39 is 0 Å². The molecule has 2 nitrogen and oxygen atoms in total. The number of nitrogens with two attached hydrogens (primary N) is 1. The maximum atomic E-state index is 5.76. The molecule has 0 saturated heterocycles. The Labute approximate surface area is 70.5 Å². The summed E-state index contributed by atoms with van der Waals surface area (Å²) >= 11 is 0. The molecule has 2 heteroatoms. The van der Waals surface area contributed by atoms with Crippen molar-refractivity contribution in [3.8, 4) is 0 Å². The zero-order chi connectivity index (χ0) is 8.69. The third-order valence-electron chi connectivity index (χ3n) is 2.12. The van der Waals surface area contributed by atoms with Gasteiger partial charge in [0.05, 0.1) is 0 Å². The van der Waals surface area contributed by atoms with Crippen LogP contribution in [0.2, 0.25) is 0 Å². The van der Waals surface area contributed by atoms with Crippen molar-refractivity contribution in [2.45, 2.75) is 51.6 Å². The molecule has 1 rings (SSSR count). The molecule has 1 aliphatic rings. The van der Waals surface area contributed by atoms with Gasteiger partial charge in [-0.25, -0.2) is 0 Å². The van der Waals surface area contributed by atoms with E-state index >= 15 is 0 Å². The molecule has 1 saturated carbocycles. The molecule has 0 aromatic carbocycles. The third kappa shape index (κ3) is 4.38. The fraction of sp³-hybridized carbons (Fsp3) is 1.00. The predicted molar refractivity (Wildman–Crippen MR) is 50.6 cm³/mol. The first-order valence-corrected chi connectivity index (χ1v) is 4.76. The third-order valence-corrected chi connectivity index (χ3v) is 2.12. The smallest absolute Gasteiger partial charge is 0.00788 e. The van der Waals surface area contributed by atoms with Crippen LogP contribution in [0.25, 0.3) is 0 Å². The van der Waals surface area contributed by atoms with E-state index in [-0.39, 0.29) is 0 Å². The molecule has 3 N–H and O–H groups in total. The summed E-state index contributed by atoms with van der Waals surface area (Å²) in [4.78, 5) is 0. The second-order valence-electron chi connectivity index (χ2n) is 2.91. The van der Waals surface area contributed by atoms with Gasteiger partial charge in [0, 0.05) is 12.1 Å². The van der Waals surface area contributed by atoms with Crippen LogP contribution >= 0.6 is 0 Å². The van der Waals surface area contributed by atoms with Crippen LogP contribution < -0.4 is 11.1 Å². The molecule has 0 spiro atoms. The number of rotatable bonds is 1. The van der Waals surface area contributed by atoms with E-state index in [1.54, 1.807) is 0 Å². The molecule has 0 aromatic rings. The number of hydrogen-bond acceptors (Lipinski definition) is 2. The highest BCUT2D eigenvalue weighted by Gasteiger charge is 2.16. The van der Waals surface area contributed by atoms with Crippen molar-refractivity contribution < 1.29 is 0 Å². The molecule has 11 heavy (non-hydrogen) atoms. The normalized spacial score (nSPS) is 30.5. The molecule has 0 aromatic heterocycles. The first-order valence-electron chi connectivity index (χ1n) is 4.76. The van der Waals surface area contributed by atoms with E-state index in [4.69, 9.17) is 5.73 Å². The highest BCUT2D eigenvalue weighted by Crippen LogP contribution is 2.15. The molecule has 2 atom stereocenters. The predicted octanol–water partition coefficient (Wildman–Crippen LogP) is 1.50. The van der Waals surface area contributed by atoms with Crippen LogP contribution in [0, 0.1) is 0 Å². The zero-order valence-corrected chi connectivity index (χ0v) is 8.06. The van der Waals surface area contributed by atoms with E-state index in [2.05, 4.69) is 5.32 Å². The minimum atomic E-state index is 0.455. The van der Waals surface area contributed by atoms with Gasteiger partial charge in [-0.05, 0) is 26.3 Å². The largest absolute Gasteiger partial charge is 0.328 e.